The molecule has 1 aliphatic rings. The summed E-state index contributed by atoms with van der Waals surface area (Å²) in [7, 11) is 0. The maximum absolute atomic E-state index is 12.2. The van der Waals surface area contributed by atoms with Gasteiger partial charge in [0.15, 0.2) is 17.0 Å². The number of amides is 1. The second kappa shape index (κ2) is 9.21. The summed E-state index contributed by atoms with van der Waals surface area (Å²) in [4.78, 5) is 34.8. The Labute approximate surface area is 180 Å². The zero-order valence-corrected chi connectivity index (χ0v) is 16.7. The van der Waals surface area contributed by atoms with Crippen LogP contribution >= 0.6 is 0 Å². The summed E-state index contributed by atoms with van der Waals surface area (Å²) in [6, 6.07) is 5.98. The van der Waals surface area contributed by atoms with E-state index in [-0.39, 0.29) is 31.1 Å². The Kier molecular flexibility index (Phi) is 6.20. The number of aliphatic hydroxyl groups excluding tert-OH is 2. The lowest BCUT2D eigenvalue weighted by molar-refractivity contribution is -0.384. The lowest BCUT2D eigenvalue weighted by atomic mass is 10.1. The number of carbonyl (C=O) groups excluding carboxylic acids is 1. The van der Waals surface area contributed by atoms with Gasteiger partial charge >= 0.3 is 6.09 Å². The second-order valence-corrected chi connectivity index (χ2v) is 7.10. The van der Waals surface area contributed by atoms with Crippen LogP contribution in [0.2, 0.25) is 0 Å². The van der Waals surface area contributed by atoms with Crippen molar-refractivity contribution in [1.82, 2.24) is 19.5 Å². The minimum Gasteiger partial charge on any atom is -0.449 e. The van der Waals surface area contributed by atoms with Crippen molar-refractivity contribution in [3.05, 3.63) is 52.6 Å². The molecule has 0 radical (unpaired) electrons. The van der Waals surface area contributed by atoms with Gasteiger partial charge in [-0.2, -0.15) is 0 Å². The van der Waals surface area contributed by atoms with Crippen molar-refractivity contribution in [2.75, 3.05) is 18.5 Å². The smallest absolute Gasteiger partial charge is 0.412 e. The number of fused-ring (bicyclic) bond motifs is 1. The Morgan fingerprint density at radius 3 is 2.78 bits per heavy atom. The first-order chi connectivity index (χ1) is 15.5. The van der Waals surface area contributed by atoms with Crippen LogP contribution in [0.5, 0.6) is 0 Å². The van der Waals surface area contributed by atoms with Gasteiger partial charge in [-0.15, -0.1) is 0 Å². The molecule has 4 rings (SSSR count). The van der Waals surface area contributed by atoms with Crippen LogP contribution in [-0.4, -0.2) is 66.2 Å². The average Bonchev–Trinajstić information content (AvgIpc) is 3.37. The number of aliphatic hydroxyl groups is 2. The highest BCUT2D eigenvalue weighted by atomic mass is 16.6. The summed E-state index contributed by atoms with van der Waals surface area (Å²) >= 11 is 0. The number of nitro groups is 1. The molecule has 1 aromatic carbocycles. The van der Waals surface area contributed by atoms with Crippen LogP contribution in [0, 0.1) is 10.1 Å². The Morgan fingerprint density at radius 2 is 2.09 bits per heavy atom. The molecule has 0 saturated carbocycles. The van der Waals surface area contributed by atoms with E-state index in [2.05, 4.69) is 20.3 Å². The van der Waals surface area contributed by atoms with Crippen LogP contribution in [0.25, 0.3) is 11.2 Å². The zero-order valence-electron chi connectivity index (χ0n) is 16.7. The lowest BCUT2D eigenvalue weighted by Gasteiger charge is -2.13. The molecule has 3 N–H and O–H groups in total. The number of hydrogen-bond acceptors (Lipinski definition) is 10. The molecule has 3 heterocycles. The summed E-state index contributed by atoms with van der Waals surface area (Å²) in [5.74, 6) is 0.145. The van der Waals surface area contributed by atoms with Crippen molar-refractivity contribution in [1.29, 1.82) is 0 Å². The third-order valence-corrected chi connectivity index (χ3v) is 5.04. The highest BCUT2D eigenvalue weighted by Gasteiger charge is 2.35. The lowest BCUT2D eigenvalue weighted by Crippen LogP contribution is -2.24. The minimum absolute atomic E-state index is 0.0102. The minimum atomic E-state index is -0.812. The number of nitrogens with zero attached hydrogens (tertiary/aromatic N) is 5. The molecule has 13 heteroatoms. The van der Waals surface area contributed by atoms with E-state index in [0.717, 1.165) is 5.56 Å². The van der Waals surface area contributed by atoms with Crippen LogP contribution in [0.15, 0.2) is 36.9 Å². The van der Waals surface area contributed by atoms with E-state index in [0.29, 0.717) is 17.6 Å². The van der Waals surface area contributed by atoms with E-state index in [1.807, 2.05) is 0 Å². The summed E-state index contributed by atoms with van der Waals surface area (Å²) in [5, 5.41) is 32.4. The molecule has 32 heavy (non-hydrogen) atoms. The van der Waals surface area contributed by atoms with Crippen LogP contribution in [0.4, 0.5) is 16.3 Å². The topological polar surface area (TPSA) is 175 Å². The van der Waals surface area contributed by atoms with E-state index < -0.39 is 29.5 Å². The fourth-order valence-electron chi connectivity index (χ4n) is 3.38. The van der Waals surface area contributed by atoms with Crippen LogP contribution in [0.1, 0.15) is 18.2 Å². The zero-order chi connectivity index (χ0) is 22.7. The van der Waals surface area contributed by atoms with Crippen molar-refractivity contribution >= 4 is 28.8 Å². The van der Waals surface area contributed by atoms with Gasteiger partial charge in [-0.05, 0) is 5.56 Å². The molecule has 1 saturated heterocycles. The number of benzene rings is 1. The van der Waals surface area contributed by atoms with Crippen molar-refractivity contribution in [2.24, 2.45) is 0 Å². The molecule has 0 unspecified atom stereocenters. The van der Waals surface area contributed by atoms with Gasteiger partial charge in [0.1, 0.15) is 18.7 Å². The number of carbonyl (C=O) groups is 1. The quantitative estimate of drug-likeness (QED) is 0.354. The number of nitro benzene ring substituents is 1. The molecule has 1 fully saturated rings. The summed E-state index contributed by atoms with van der Waals surface area (Å²) in [5.41, 5.74) is 1.47. The number of aromatic nitrogens is 4. The maximum Gasteiger partial charge on any atom is 0.412 e. The molecule has 2 aromatic heterocycles. The fourth-order valence-corrected chi connectivity index (χ4v) is 3.38. The first kappa shape index (κ1) is 21.5. The summed E-state index contributed by atoms with van der Waals surface area (Å²) in [6.45, 7) is -0.250. The summed E-state index contributed by atoms with van der Waals surface area (Å²) < 4.78 is 12.4. The molecule has 0 spiro atoms. The number of hydrogen-bond donors (Lipinski definition) is 3. The Balaban J connectivity index is 1.37. The maximum atomic E-state index is 12.2. The molecular formula is C19H20N6O7. The van der Waals surface area contributed by atoms with Gasteiger partial charge in [-0.1, -0.05) is 12.1 Å². The molecule has 3 atom stereocenters. The van der Waals surface area contributed by atoms with E-state index in [1.54, 1.807) is 16.7 Å². The van der Waals surface area contributed by atoms with Crippen molar-refractivity contribution in [2.45, 2.75) is 31.3 Å². The molecule has 0 aliphatic carbocycles. The third-order valence-electron chi connectivity index (χ3n) is 5.04. The van der Waals surface area contributed by atoms with E-state index in [9.17, 15) is 25.1 Å². The molecule has 3 aromatic rings. The highest BCUT2D eigenvalue weighted by Crippen LogP contribution is 2.31. The number of nitrogens with one attached hydrogen (secondary N) is 1. The van der Waals surface area contributed by atoms with Gasteiger partial charge in [-0.3, -0.25) is 20.0 Å². The number of non-ortho nitro benzene ring substituents is 1. The van der Waals surface area contributed by atoms with E-state index in [4.69, 9.17) is 9.47 Å². The van der Waals surface area contributed by atoms with Gasteiger partial charge < -0.3 is 19.7 Å². The Morgan fingerprint density at radius 1 is 1.31 bits per heavy atom. The predicted octanol–water partition coefficient (Wildman–Crippen LogP) is 1.17. The third kappa shape index (κ3) is 4.49. The van der Waals surface area contributed by atoms with Gasteiger partial charge in [-0.25, -0.2) is 19.7 Å². The van der Waals surface area contributed by atoms with Crippen molar-refractivity contribution in [3.8, 4) is 0 Å². The van der Waals surface area contributed by atoms with Crippen LogP contribution < -0.4 is 5.32 Å². The first-order valence-corrected chi connectivity index (χ1v) is 9.75. The summed E-state index contributed by atoms with van der Waals surface area (Å²) in [6.07, 6.45) is 0.539. The average molecular weight is 444 g/mol. The SMILES string of the molecule is O=C(Nc1ncnc2c1ncn2[C@H]1C[C@H](O)[C@@H](CO)O1)OCCc1ccc([N+](=O)[O-])cc1. The van der Waals surface area contributed by atoms with Crippen molar-refractivity contribution in [3.63, 3.8) is 0 Å². The van der Waals surface area contributed by atoms with Gasteiger partial charge in [0.25, 0.3) is 5.69 Å². The van der Waals surface area contributed by atoms with Gasteiger partial charge in [0.05, 0.1) is 30.6 Å². The molecule has 1 aliphatic heterocycles. The predicted molar refractivity (Wildman–Crippen MR) is 109 cm³/mol. The standard InChI is InChI=1S/C19H20N6O7/c26-8-14-13(27)7-15(32-14)24-10-22-16-17(20-9-21-18(16)24)23-19(28)31-6-5-11-1-3-12(4-2-11)25(29)30/h1-4,9-10,13-15,26-27H,5-8H2,(H,20,21,23,28)/t13-,14+,15+/m0/s1. The fraction of sp³-hybridized carbons (Fsp3) is 0.368. The molecule has 168 valence electrons. The molecule has 13 nitrogen and oxygen atoms in total. The molecular weight excluding hydrogens is 424 g/mol. The van der Waals surface area contributed by atoms with Gasteiger partial charge in [0.2, 0.25) is 0 Å². The van der Waals surface area contributed by atoms with E-state index in [1.165, 1.54) is 24.8 Å². The van der Waals surface area contributed by atoms with Crippen molar-refractivity contribution < 1.29 is 29.4 Å². The largest absolute Gasteiger partial charge is 0.449 e. The van der Waals surface area contributed by atoms with Crippen LogP contribution in [0.3, 0.4) is 0 Å². The Bertz CT molecular complexity index is 1120. The molecule has 0 bridgehead atoms. The number of anilines is 1. The van der Waals surface area contributed by atoms with E-state index >= 15 is 0 Å². The number of imidazole rings is 1. The number of rotatable bonds is 7. The monoisotopic (exact) mass is 444 g/mol. The number of ether oxygens (including phenoxy) is 2. The molecule has 1 amide bonds. The van der Waals surface area contributed by atoms with Gasteiger partial charge in [0, 0.05) is 25.0 Å². The first-order valence-electron chi connectivity index (χ1n) is 9.75. The highest BCUT2D eigenvalue weighted by molar-refractivity contribution is 5.93. The second-order valence-electron chi connectivity index (χ2n) is 7.10. The van der Waals surface area contributed by atoms with Crippen LogP contribution in [-0.2, 0) is 15.9 Å². The normalized spacial score (nSPS) is 20.4. The Hall–Kier alpha value is -3.68.